The van der Waals surface area contributed by atoms with Gasteiger partial charge in [-0.05, 0) is 62.6 Å². The van der Waals surface area contributed by atoms with Gasteiger partial charge in [-0.3, -0.25) is 0 Å². The largest absolute Gasteiger partial charge is 0.496 e. The fraction of sp³-hybridized carbons (Fsp3) is 0.621. The number of carbonyl (C=O) groups is 1. The van der Waals surface area contributed by atoms with Crippen molar-refractivity contribution >= 4 is 6.09 Å². The Morgan fingerprint density at radius 3 is 1.94 bits per heavy atom. The lowest BCUT2D eigenvalue weighted by atomic mass is 9.78. The molecule has 1 aliphatic heterocycles. The summed E-state index contributed by atoms with van der Waals surface area (Å²) in [5.74, 6) is 1.97. The maximum Gasteiger partial charge on any atom is 0.410 e. The zero-order chi connectivity index (χ0) is 26.2. The molecule has 0 spiro atoms. The average Bonchev–Trinajstić information content (AvgIpc) is 2.76. The molecule has 1 fully saturated rings. The van der Waals surface area contributed by atoms with Crippen molar-refractivity contribution in [3.05, 3.63) is 41.2 Å². The predicted molar refractivity (Wildman–Crippen MR) is 141 cm³/mol. The zero-order valence-electron chi connectivity index (χ0n) is 23.3. The molecule has 1 amide bonds. The summed E-state index contributed by atoms with van der Waals surface area (Å²) < 4.78 is 11.5. The number of methoxy groups -OCH3 is 1. The Labute approximate surface area is 211 Å². The Hall–Kier alpha value is -2.63. The van der Waals surface area contributed by atoms with Gasteiger partial charge in [0.25, 0.3) is 0 Å². The predicted octanol–water partition coefficient (Wildman–Crippen LogP) is 6.86. The maximum atomic E-state index is 12.4. The molecule has 192 valence electrons. The first kappa shape index (κ1) is 27.0. The average molecular weight is 482 g/mol. The number of nitrogens with zero attached hydrogens (tertiary/aromatic N) is 3. The lowest BCUT2D eigenvalue weighted by Crippen LogP contribution is -2.41. The van der Waals surface area contributed by atoms with Crippen LogP contribution in [0.2, 0.25) is 0 Å². The number of amides is 1. The van der Waals surface area contributed by atoms with E-state index in [9.17, 15) is 4.79 Å². The van der Waals surface area contributed by atoms with Crippen molar-refractivity contribution in [1.29, 1.82) is 0 Å². The minimum atomic E-state index is -0.480. The van der Waals surface area contributed by atoms with Gasteiger partial charge in [-0.15, -0.1) is 0 Å². The molecule has 6 heteroatoms. The fourth-order valence-electron chi connectivity index (χ4n) is 4.52. The third-order valence-corrected chi connectivity index (χ3v) is 6.41. The van der Waals surface area contributed by atoms with Crippen molar-refractivity contribution in [2.24, 2.45) is 0 Å². The summed E-state index contributed by atoms with van der Waals surface area (Å²) in [7, 11) is 1.75. The molecule has 1 saturated heterocycles. The van der Waals surface area contributed by atoms with E-state index in [4.69, 9.17) is 14.5 Å². The second-order valence-electron chi connectivity index (χ2n) is 12.7. The van der Waals surface area contributed by atoms with Crippen LogP contribution < -0.4 is 4.74 Å². The molecule has 0 radical (unpaired) electrons. The van der Waals surface area contributed by atoms with Crippen LogP contribution in [0, 0.1) is 0 Å². The summed E-state index contributed by atoms with van der Waals surface area (Å²) in [5, 5.41) is 0. The minimum Gasteiger partial charge on any atom is -0.496 e. The van der Waals surface area contributed by atoms with Gasteiger partial charge in [0.1, 0.15) is 11.4 Å². The molecular weight excluding hydrogens is 438 g/mol. The van der Waals surface area contributed by atoms with Gasteiger partial charge in [0.2, 0.25) is 0 Å². The number of hydrogen-bond donors (Lipinski definition) is 0. The van der Waals surface area contributed by atoms with Crippen LogP contribution in [0.1, 0.15) is 97.9 Å². The number of rotatable bonds is 3. The van der Waals surface area contributed by atoms with Crippen molar-refractivity contribution in [3.63, 3.8) is 0 Å². The van der Waals surface area contributed by atoms with Gasteiger partial charge in [0, 0.05) is 47.6 Å². The normalized spacial score (nSPS) is 15.8. The Kier molecular flexibility index (Phi) is 7.54. The highest BCUT2D eigenvalue weighted by Crippen LogP contribution is 2.42. The third kappa shape index (κ3) is 6.53. The highest BCUT2D eigenvalue weighted by molar-refractivity contribution is 5.68. The van der Waals surface area contributed by atoms with E-state index in [-0.39, 0.29) is 22.8 Å². The van der Waals surface area contributed by atoms with Gasteiger partial charge >= 0.3 is 6.09 Å². The number of aromatic nitrogens is 2. The van der Waals surface area contributed by atoms with Crippen molar-refractivity contribution in [2.75, 3.05) is 20.2 Å². The summed E-state index contributed by atoms with van der Waals surface area (Å²) in [6.45, 7) is 20.3. The molecule has 1 aromatic heterocycles. The van der Waals surface area contributed by atoms with E-state index in [1.54, 1.807) is 12.0 Å². The smallest absolute Gasteiger partial charge is 0.410 e. The Balaban J connectivity index is 1.90. The minimum absolute atomic E-state index is 0.0898. The Morgan fingerprint density at radius 2 is 1.49 bits per heavy atom. The summed E-state index contributed by atoms with van der Waals surface area (Å²) in [6, 6.07) is 6.37. The number of carbonyl (C=O) groups excluding carboxylic acids is 1. The van der Waals surface area contributed by atoms with Crippen molar-refractivity contribution < 1.29 is 14.3 Å². The molecule has 1 aromatic carbocycles. The molecule has 6 nitrogen and oxygen atoms in total. The molecule has 35 heavy (non-hydrogen) atoms. The van der Waals surface area contributed by atoms with Crippen LogP contribution >= 0.6 is 0 Å². The quantitative estimate of drug-likeness (QED) is 0.479. The molecule has 0 unspecified atom stereocenters. The van der Waals surface area contributed by atoms with E-state index in [2.05, 4.69) is 58.7 Å². The first-order chi connectivity index (χ1) is 16.1. The van der Waals surface area contributed by atoms with Crippen molar-refractivity contribution in [1.82, 2.24) is 14.9 Å². The summed E-state index contributed by atoms with van der Waals surface area (Å²) >= 11 is 0. The molecule has 0 N–H and O–H groups in total. The van der Waals surface area contributed by atoms with Crippen LogP contribution in [-0.2, 0) is 15.6 Å². The number of likely N-dealkylation sites (tertiary alicyclic amines) is 1. The zero-order valence-corrected chi connectivity index (χ0v) is 23.3. The molecule has 3 rings (SSSR count). The number of hydrogen-bond acceptors (Lipinski definition) is 5. The van der Waals surface area contributed by atoms with Crippen LogP contribution in [0.25, 0.3) is 11.4 Å². The van der Waals surface area contributed by atoms with Crippen LogP contribution in [0.15, 0.2) is 24.4 Å². The summed E-state index contributed by atoms with van der Waals surface area (Å²) in [5.41, 5.74) is 3.69. The van der Waals surface area contributed by atoms with Crippen LogP contribution in [0.4, 0.5) is 4.79 Å². The van der Waals surface area contributed by atoms with Crippen LogP contribution in [0.5, 0.6) is 5.75 Å². The van der Waals surface area contributed by atoms with E-state index < -0.39 is 5.60 Å². The van der Waals surface area contributed by atoms with Gasteiger partial charge in [-0.2, -0.15) is 0 Å². The lowest BCUT2D eigenvalue weighted by molar-refractivity contribution is 0.0204. The summed E-state index contributed by atoms with van der Waals surface area (Å²) in [4.78, 5) is 23.9. The summed E-state index contributed by atoms with van der Waals surface area (Å²) in [6.07, 6.45) is 3.34. The first-order valence-corrected chi connectivity index (χ1v) is 12.6. The maximum absolute atomic E-state index is 12.4. The van der Waals surface area contributed by atoms with E-state index in [1.165, 1.54) is 0 Å². The van der Waals surface area contributed by atoms with Gasteiger partial charge in [0.05, 0.1) is 7.11 Å². The van der Waals surface area contributed by atoms with Gasteiger partial charge in [0.15, 0.2) is 5.82 Å². The standard InChI is InChI=1S/C29H43N3O3/c1-27(2,3)21-17-20(18-22(24(21)34-10)28(4,5)6)25-30-14-11-23(31-25)19-12-15-32(16-13-19)26(33)35-29(7,8)9/h11,14,17-19H,12-13,15-16H2,1-10H3. The van der Waals surface area contributed by atoms with Gasteiger partial charge < -0.3 is 14.4 Å². The second-order valence-corrected chi connectivity index (χ2v) is 12.7. The topological polar surface area (TPSA) is 64.5 Å². The number of benzene rings is 1. The van der Waals surface area contributed by atoms with Crippen LogP contribution in [0.3, 0.4) is 0 Å². The molecule has 0 bridgehead atoms. The van der Waals surface area contributed by atoms with Gasteiger partial charge in [-0.1, -0.05) is 41.5 Å². The highest BCUT2D eigenvalue weighted by atomic mass is 16.6. The van der Waals surface area contributed by atoms with E-state index >= 15 is 0 Å². The van der Waals surface area contributed by atoms with Crippen LogP contribution in [-0.4, -0.2) is 46.8 Å². The molecule has 2 aromatic rings. The molecule has 0 saturated carbocycles. The van der Waals surface area contributed by atoms with Gasteiger partial charge in [-0.25, -0.2) is 14.8 Å². The number of piperidine rings is 1. The molecule has 2 heterocycles. The molecule has 0 aliphatic carbocycles. The molecule has 0 atom stereocenters. The Morgan fingerprint density at radius 1 is 0.943 bits per heavy atom. The van der Waals surface area contributed by atoms with E-state index in [0.717, 1.165) is 46.8 Å². The Bertz CT molecular complexity index is 1020. The highest BCUT2D eigenvalue weighted by Gasteiger charge is 2.30. The monoisotopic (exact) mass is 481 g/mol. The van der Waals surface area contributed by atoms with E-state index in [0.29, 0.717) is 13.1 Å². The first-order valence-electron chi connectivity index (χ1n) is 12.6. The number of ether oxygens (including phenoxy) is 2. The van der Waals surface area contributed by atoms with Crippen molar-refractivity contribution in [3.8, 4) is 17.1 Å². The third-order valence-electron chi connectivity index (χ3n) is 6.41. The second kappa shape index (κ2) is 9.79. The van der Waals surface area contributed by atoms with Crippen molar-refractivity contribution in [2.45, 2.75) is 97.5 Å². The fourth-order valence-corrected chi connectivity index (χ4v) is 4.52. The molecule has 1 aliphatic rings. The molecular formula is C29H43N3O3. The van der Waals surface area contributed by atoms with E-state index in [1.807, 2.05) is 33.0 Å². The lowest BCUT2D eigenvalue weighted by Gasteiger charge is -2.33. The SMILES string of the molecule is COc1c(C(C)(C)C)cc(-c2nccc(C3CCN(C(=O)OC(C)(C)C)CC3)n2)cc1C(C)(C)C.